The lowest BCUT2D eigenvalue weighted by molar-refractivity contribution is 0.623. The van der Waals surface area contributed by atoms with E-state index in [9.17, 15) is 0 Å². The summed E-state index contributed by atoms with van der Waals surface area (Å²) in [6, 6.07) is 5.10. The van der Waals surface area contributed by atoms with E-state index in [1.165, 1.54) is 31.4 Å². The molecule has 1 heterocycles. The molecule has 0 spiro atoms. The van der Waals surface area contributed by atoms with Crippen molar-refractivity contribution >= 4 is 0 Å². The van der Waals surface area contributed by atoms with Crippen LogP contribution in [-0.4, -0.2) is 17.6 Å². The average Bonchev–Trinajstić information content (AvgIpc) is 3.12. The predicted molar refractivity (Wildman–Crippen MR) is 56.1 cm³/mol. The SMILES string of the molecule is c1cncc(C2CC2CNC2CC2)c1. The Morgan fingerprint density at radius 3 is 3.07 bits per heavy atom. The molecule has 2 aliphatic rings. The Labute approximate surface area is 84.7 Å². The molecule has 2 fully saturated rings. The van der Waals surface area contributed by atoms with E-state index in [4.69, 9.17) is 0 Å². The summed E-state index contributed by atoms with van der Waals surface area (Å²) in [5, 5.41) is 3.60. The molecule has 2 aliphatic carbocycles. The number of pyridine rings is 1. The summed E-state index contributed by atoms with van der Waals surface area (Å²) < 4.78 is 0. The molecule has 1 aromatic heterocycles. The van der Waals surface area contributed by atoms with Gasteiger partial charge in [-0.1, -0.05) is 6.07 Å². The zero-order valence-corrected chi connectivity index (χ0v) is 8.32. The molecule has 0 aliphatic heterocycles. The highest BCUT2D eigenvalue weighted by molar-refractivity contribution is 5.22. The minimum atomic E-state index is 0.787. The highest BCUT2D eigenvalue weighted by atomic mass is 15.0. The first kappa shape index (κ1) is 8.42. The molecule has 2 heteroatoms. The molecule has 2 unspecified atom stereocenters. The van der Waals surface area contributed by atoms with Crippen LogP contribution in [0.5, 0.6) is 0 Å². The van der Waals surface area contributed by atoms with Crippen LogP contribution in [0.3, 0.4) is 0 Å². The molecule has 0 aromatic carbocycles. The third-order valence-corrected chi connectivity index (χ3v) is 3.28. The lowest BCUT2D eigenvalue weighted by Crippen LogP contribution is -2.19. The van der Waals surface area contributed by atoms with E-state index in [1.54, 1.807) is 0 Å². The number of aromatic nitrogens is 1. The molecule has 14 heavy (non-hydrogen) atoms. The van der Waals surface area contributed by atoms with Gasteiger partial charge in [0, 0.05) is 18.4 Å². The van der Waals surface area contributed by atoms with Crippen LogP contribution in [0.2, 0.25) is 0 Å². The van der Waals surface area contributed by atoms with Gasteiger partial charge in [-0.05, 0) is 49.3 Å². The van der Waals surface area contributed by atoms with Crippen LogP contribution in [-0.2, 0) is 0 Å². The Bertz CT molecular complexity index is 305. The van der Waals surface area contributed by atoms with Gasteiger partial charge >= 0.3 is 0 Å². The predicted octanol–water partition coefficient (Wildman–Crippen LogP) is 1.94. The summed E-state index contributed by atoms with van der Waals surface area (Å²) in [5.41, 5.74) is 1.43. The molecule has 0 amide bonds. The molecule has 1 aromatic rings. The van der Waals surface area contributed by atoms with Gasteiger partial charge in [-0.25, -0.2) is 0 Å². The van der Waals surface area contributed by atoms with Crippen LogP contribution in [0.1, 0.15) is 30.7 Å². The number of hydrogen-bond donors (Lipinski definition) is 1. The third kappa shape index (κ3) is 1.80. The molecule has 74 valence electrons. The molecule has 0 saturated heterocycles. The van der Waals surface area contributed by atoms with E-state index >= 15 is 0 Å². The van der Waals surface area contributed by atoms with Gasteiger partial charge < -0.3 is 5.32 Å². The van der Waals surface area contributed by atoms with Crippen LogP contribution in [0.4, 0.5) is 0 Å². The lowest BCUT2D eigenvalue weighted by Gasteiger charge is -2.01. The van der Waals surface area contributed by atoms with Gasteiger partial charge in [0.1, 0.15) is 0 Å². The van der Waals surface area contributed by atoms with Crippen molar-refractivity contribution < 1.29 is 0 Å². The fourth-order valence-corrected chi connectivity index (χ4v) is 2.08. The van der Waals surface area contributed by atoms with Crippen LogP contribution in [0, 0.1) is 5.92 Å². The van der Waals surface area contributed by atoms with Gasteiger partial charge in [0.05, 0.1) is 0 Å². The van der Waals surface area contributed by atoms with Crippen LogP contribution < -0.4 is 5.32 Å². The zero-order valence-electron chi connectivity index (χ0n) is 8.32. The van der Waals surface area contributed by atoms with Crippen molar-refractivity contribution in [3.8, 4) is 0 Å². The summed E-state index contributed by atoms with van der Waals surface area (Å²) >= 11 is 0. The second-order valence-electron chi connectivity index (χ2n) is 4.57. The number of nitrogens with one attached hydrogen (secondary N) is 1. The van der Waals surface area contributed by atoms with Gasteiger partial charge in [-0.15, -0.1) is 0 Å². The third-order valence-electron chi connectivity index (χ3n) is 3.28. The maximum absolute atomic E-state index is 4.17. The Morgan fingerprint density at radius 1 is 1.43 bits per heavy atom. The van der Waals surface area contributed by atoms with Crippen molar-refractivity contribution in [3.05, 3.63) is 30.1 Å². The summed E-state index contributed by atoms with van der Waals surface area (Å²) in [6.07, 6.45) is 8.01. The first-order chi connectivity index (χ1) is 6.93. The van der Waals surface area contributed by atoms with E-state index in [0.29, 0.717) is 0 Å². The minimum Gasteiger partial charge on any atom is -0.314 e. The van der Waals surface area contributed by atoms with E-state index < -0.39 is 0 Å². The molecule has 2 atom stereocenters. The molecule has 3 rings (SSSR count). The number of nitrogens with zero attached hydrogens (tertiary/aromatic N) is 1. The Kier molecular flexibility index (Phi) is 2.02. The van der Waals surface area contributed by atoms with Crippen molar-refractivity contribution in [2.75, 3.05) is 6.54 Å². The van der Waals surface area contributed by atoms with Gasteiger partial charge in [0.2, 0.25) is 0 Å². The van der Waals surface area contributed by atoms with E-state index in [0.717, 1.165) is 17.9 Å². The topological polar surface area (TPSA) is 24.9 Å². The fraction of sp³-hybridized carbons (Fsp3) is 0.583. The van der Waals surface area contributed by atoms with Gasteiger partial charge in [0.15, 0.2) is 0 Å². The van der Waals surface area contributed by atoms with Crippen molar-refractivity contribution in [2.24, 2.45) is 5.92 Å². The number of hydrogen-bond acceptors (Lipinski definition) is 2. The lowest BCUT2D eigenvalue weighted by atomic mass is 10.1. The van der Waals surface area contributed by atoms with Gasteiger partial charge in [-0.3, -0.25) is 4.98 Å². The van der Waals surface area contributed by atoms with Crippen LogP contribution in [0.15, 0.2) is 24.5 Å². The summed E-state index contributed by atoms with van der Waals surface area (Å²) in [6.45, 7) is 1.21. The molecular weight excluding hydrogens is 172 g/mol. The standard InChI is InChI=1S/C12H16N2/c1-2-9(7-13-5-1)12-6-10(12)8-14-11-3-4-11/h1-2,5,7,10-12,14H,3-4,6,8H2. The molecular formula is C12H16N2. The Morgan fingerprint density at radius 2 is 2.36 bits per heavy atom. The quantitative estimate of drug-likeness (QED) is 0.781. The molecule has 2 nitrogen and oxygen atoms in total. The highest BCUT2D eigenvalue weighted by Gasteiger charge is 2.38. The van der Waals surface area contributed by atoms with Gasteiger partial charge in [0.25, 0.3) is 0 Å². The summed E-state index contributed by atoms with van der Waals surface area (Å²) in [7, 11) is 0. The highest BCUT2D eigenvalue weighted by Crippen LogP contribution is 2.46. The van der Waals surface area contributed by atoms with E-state index in [2.05, 4.69) is 16.4 Å². The molecule has 0 radical (unpaired) electrons. The second-order valence-corrected chi connectivity index (χ2v) is 4.57. The average molecular weight is 188 g/mol. The van der Waals surface area contributed by atoms with Crippen molar-refractivity contribution in [1.82, 2.24) is 10.3 Å². The maximum atomic E-state index is 4.17. The summed E-state index contributed by atoms with van der Waals surface area (Å²) in [4.78, 5) is 4.17. The molecule has 0 bridgehead atoms. The Balaban J connectivity index is 1.52. The van der Waals surface area contributed by atoms with Crippen molar-refractivity contribution in [1.29, 1.82) is 0 Å². The van der Waals surface area contributed by atoms with Crippen molar-refractivity contribution in [2.45, 2.75) is 31.2 Å². The smallest absolute Gasteiger partial charge is 0.0302 e. The largest absolute Gasteiger partial charge is 0.314 e. The molecule has 2 saturated carbocycles. The maximum Gasteiger partial charge on any atom is 0.0302 e. The molecule has 1 N–H and O–H groups in total. The first-order valence-corrected chi connectivity index (χ1v) is 5.57. The van der Waals surface area contributed by atoms with Crippen LogP contribution in [0.25, 0.3) is 0 Å². The number of rotatable bonds is 4. The van der Waals surface area contributed by atoms with Crippen molar-refractivity contribution in [3.63, 3.8) is 0 Å². The monoisotopic (exact) mass is 188 g/mol. The van der Waals surface area contributed by atoms with Gasteiger partial charge in [-0.2, -0.15) is 0 Å². The first-order valence-electron chi connectivity index (χ1n) is 5.57. The summed E-state index contributed by atoms with van der Waals surface area (Å²) in [5.74, 6) is 1.66. The van der Waals surface area contributed by atoms with E-state index in [-0.39, 0.29) is 0 Å². The fourth-order valence-electron chi connectivity index (χ4n) is 2.08. The van der Waals surface area contributed by atoms with E-state index in [1.807, 2.05) is 18.5 Å². The Hall–Kier alpha value is -0.890. The van der Waals surface area contributed by atoms with Crippen LogP contribution >= 0.6 is 0 Å². The normalized spacial score (nSPS) is 30.3. The second kappa shape index (κ2) is 3.35. The minimum absolute atomic E-state index is 0.787. The zero-order chi connectivity index (χ0) is 9.38.